The fraction of sp³-hybridized carbons (Fsp3) is 0.0769. The molecule has 2 aliphatic rings. The SMILES string of the molecule is CC(C)(C)c1ccc(N2c3cc(-c4ccccc4)ccc3B3c4ccc(-n5c6ccccc6c6ccccc65)cc4N(c4ccccc4)c4cccc2c43)cc1. The number of anilines is 6. The molecule has 0 saturated carbocycles. The second-order valence-corrected chi connectivity index (χ2v) is 16.2. The predicted octanol–water partition coefficient (Wildman–Crippen LogP) is 11.8. The third-order valence-electron chi connectivity index (χ3n) is 11.9. The summed E-state index contributed by atoms with van der Waals surface area (Å²) < 4.78 is 2.43. The number of hydrogen-bond donors (Lipinski definition) is 0. The van der Waals surface area contributed by atoms with Crippen LogP contribution in [0.5, 0.6) is 0 Å². The molecule has 4 heteroatoms. The molecule has 0 unspecified atom stereocenters. The minimum Gasteiger partial charge on any atom is -0.311 e. The Morgan fingerprint density at radius 1 is 0.393 bits per heavy atom. The zero-order chi connectivity index (χ0) is 37.5. The Hall–Kier alpha value is -6.78. The summed E-state index contributed by atoms with van der Waals surface area (Å²) in [5, 5.41) is 2.53. The molecule has 0 saturated heterocycles. The molecule has 0 aliphatic carbocycles. The van der Waals surface area contributed by atoms with Gasteiger partial charge in [-0.05, 0) is 105 Å². The molecule has 0 atom stereocenters. The topological polar surface area (TPSA) is 11.4 Å². The van der Waals surface area contributed by atoms with Gasteiger partial charge in [-0.2, -0.15) is 0 Å². The third-order valence-corrected chi connectivity index (χ3v) is 11.9. The summed E-state index contributed by atoms with van der Waals surface area (Å²) in [6.45, 7) is 6.88. The van der Waals surface area contributed by atoms with Crippen molar-refractivity contribution < 1.29 is 0 Å². The van der Waals surface area contributed by atoms with E-state index >= 15 is 0 Å². The van der Waals surface area contributed by atoms with Gasteiger partial charge in [0.15, 0.2) is 0 Å². The van der Waals surface area contributed by atoms with Gasteiger partial charge in [0.25, 0.3) is 6.71 Å². The molecule has 11 rings (SSSR count). The maximum Gasteiger partial charge on any atom is 0.252 e. The van der Waals surface area contributed by atoms with Gasteiger partial charge < -0.3 is 14.4 Å². The first-order valence-electron chi connectivity index (χ1n) is 19.6. The Morgan fingerprint density at radius 2 is 0.911 bits per heavy atom. The van der Waals surface area contributed by atoms with Crippen LogP contribution < -0.4 is 26.2 Å². The van der Waals surface area contributed by atoms with Crippen LogP contribution in [0.3, 0.4) is 0 Å². The number of rotatable bonds is 4. The van der Waals surface area contributed by atoms with E-state index in [4.69, 9.17) is 0 Å². The van der Waals surface area contributed by atoms with Crippen LogP contribution in [0.4, 0.5) is 34.1 Å². The standard InChI is InChI=1S/C52H40BN3/c1-52(2,3)37-26-28-39(29-27-37)55-48-24-14-23-47-51(48)53(43-31-25-36(33-49(43)55)35-15-6-4-7-16-35)44-32-30-40(34-50(44)54(47)38-17-8-5-9-18-38)56-45-21-12-10-19-41(45)42-20-11-13-22-46(42)56/h4-34H,1-3H3. The average Bonchev–Trinajstić information content (AvgIpc) is 3.58. The Balaban J connectivity index is 1.19. The van der Waals surface area contributed by atoms with Crippen molar-refractivity contribution in [2.45, 2.75) is 26.2 Å². The largest absolute Gasteiger partial charge is 0.311 e. The van der Waals surface area contributed by atoms with Crippen LogP contribution in [0.2, 0.25) is 0 Å². The lowest BCUT2D eigenvalue weighted by molar-refractivity contribution is 0.590. The fourth-order valence-corrected chi connectivity index (χ4v) is 9.31. The molecular weight excluding hydrogens is 677 g/mol. The summed E-state index contributed by atoms with van der Waals surface area (Å²) in [5.74, 6) is 0. The molecule has 8 aromatic carbocycles. The van der Waals surface area contributed by atoms with Crippen LogP contribution in [0.25, 0.3) is 38.6 Å². The Kier molecular flexibility index (Phi) is 7.21. The highest BCUT2D eigenvalue weighted by atomic mass is 15.2. The molecule has 0 amide bonds. The number of aromatic nitrogens is 1. The minimum absolute atomic E-state index is 0.0354. The van der Waals surface area contributed by atoms with Crippen LogP contribution in [-0.2, 0) is 5.41 Å². The molecule has 9 aromatic rings. The summed E-state index contributed by atoms with van der Waals surface area (Å²) in [6.07, 6.45) is 0. The summed E-state index contributed by atoms with van der Waals surface area (Å²) in [6, 6.07) is 69.6. The molecule has 0 fully saturated rings. The summed E-state index contributed by atoms with van der Waals surface area (Å²) in [4.78, 5) is 5.00. The van der Waals surface area contributed by atoms with E-state index < -0.39 is 0 Å². The van der Waals surface area contributed by atoms with Gasteiger partial charge >= 0.3 is 0 Å². The predicted molar refractivity (Wildman–Crippen MR) is 239 cm³/mol. The van der Waals surface area contributed by atoms with Crippen molar-refractivity contribution in [2.75, 3.05) is 9.80 Å². The quantitative estimate of drug-likeness (QED) is 0.168. The van der Waals surface area contributed by atoms with Crippen molar-refractivity contribution in [1.29, 1.82) is 0 Å². The number of fused-ring (bicyclic) bond motifs is 7. The lowest BCUT2D eigenvalue weighted by Gasteiger charge is -2.44. The van der Waals surface area contributed by atoms with E-state index in [-0.39, 0.29) is 12.1 Å². The zero-order valence-corrected chi connectivity index (χ0v) is 31.8. The summed E-state index contributed by atoms with van der Waals surface area (Å²) in [5.41, 5.74) is 18.5. The molecule has 1 aromatic heterocycles. The summed E-state index contributed by atoms with van der Waals surface area (Å²) in [7, 11) is 0. The average molecular weight is 718 g/mol. The smallest absolute Gasteiger partial charge is 0.252 e. The normalized spacial score (nSPS) is 13.2. The zero-order valence-electron chi connectivity index (χ0n) is 31.8. The van der Waals surface area contributed by atoms with Crippen LogP contribution in [0.1, 0.15) is 26.3 Å². The van der Waals surface area contributed by atoms with E-state index in [0.717, 1.165) is 17.1 Å². The minimum atomic E-state index is 0.0354. The first kappa shape index (κ1) is 32.6. The van der Waals surface area contributed by atoms with E-state index in [9.17, 15) is 0 Å². The molecule has 0 N–H and O–H groups in total. The van der Waals surface area contributed by atoms with Gasteiger partial charge in [0, 0.05) is 50.6 Å². The van der Waals surface area contributed by atoms with E-state index in [1.807, 2.05) is 0 Å². The lowest BCUT2D eigenvalue weighted by Crippen LogP contribution is -2.61. The highest BCUT2D eigenvalue weighted by Gasteiger charge is 2.43. The van der Waals surface area contributed by atoms with Crippen molar-refractivity contribution in [3.8, 4) is 16.8 Å². The van der Waals surface area contributed by atoms with Gasteiger partial charge in [-0.25, -0.2) is 0 Å². The van der Waals surface area contributed by atoms with Crippen LogP contribution in [0.15, 0.2) is 188 Å². The second kappa shape index (κ2) is 12.4. The number of benzene rings is 8. The molecule has 266 valence electrons. The highest BCUT2D eigenvalue weighted by Crippen LogP contribution is 2.45. The van der Waals surface area contributed by atoms with Crippen molar-refractivity contribution in [1.82, 2.24) is 4.57 Å². The van der Waals surface area contributed by atoms with E-state index in [1.165, 1.54) is 77.6 Å². The second-order valence-electron chi connectivity index (χ2n) is 16.2. The van der Waals surface area contributed by atoms with Crippen molar-refractivity contribution in [3.05, 3.63) is 194 Å². The maximum atomic E-state index is 2.50. The van der Waals surface area contributed by atoms with Crippen LogP contribution >= 0.6 is 0 Å². The van der Waals surface area contributed by atoms with E-state index in [2.05, 4.69) is 223 Å². The maximum absolute atomic E-state index is 2.50. The van der Waals surface area contributed by atoms with E-state index in [0.29, 0.717) is 0 Å². The van der Waals surface area contributed by atoms with Gasteiger partial charge in [0.2, 0.25) is 0 Å². The highest BCUT2D eigenvalue weighted by molar-refractivity contribution is 7.00. The molecule has 3 heterocycles. The third kappa shape index (κ3) is 4.92. The van der Waals surface area contributed by atoms with Crippen LogP contribution in [-0.4, -0.2) is 11.3 Å². The molecule has 0 radical (unpaired) electrons. The lowest BCUT2D eigenvalue weighted by atomic mass is 9.33. The Bertz CT molecular complexity index is 2910. The van der Waals surface area contributed by atoms with Gasteiger partial charge in [-0.1, -0.05) is 142 Å². The Labute approximate surface area is 328 Å². The first-order valence-corrected chi connectivity index (χ1v) is 19.6. The van der Waals surface area contributed by atoms with Crippen molar-refractivity contribution in [2.24, 2.45) is 0 Å². The molecular formula is C52H40BN3. The monoisotopic (exact) mass is 717 g/mol. The van der Waals surface area contributed by atoms with Crippen molar-refractivity contribution >= 4 is 79.0 Å². The fourth-order valence-electron chi connectivity index (χ4n) is 9.31. The van der Waals surface area contributed by atoms with Gasteiger partial charge in [0.1, 0.15) is 0 Å². The summed E-state index contributed by atoms with van der Waals surface area (Å²) >= 11 is 0. The number of hydrogen-bond acceptors (Lipinski definition) is 2. The number of nitrogens with zero attached hydrogens (tertiary/aromatic N) is 3. The number of para-hydroxylation sites is 3. The van der Waals surface area contributed by atoms with Gasteiger partial charge in [-0.3, -0.25) is 0 Å². The van der Waals surface area contributed by atoms with E-state index in [1.54, 1.807) is 0 Å². The van der Waals surface area contributed by atoms with Crippen molar-refractivity contribution in [3.63, 3.8) is 0 Å². The molecule has 56 heavy (non-hydrogen) atoms. The molecule has 2 aliphatic heterocycles. The van der Waals surface area contributed by atoms with Crippen LogP contribution in [0, 0.1) is 0 Å². The Morgan fingerprint density at radius 3 is 1.54 bits per heavy atom. The van der Waals surface area contributed by atoms with Gasteiger partial charge in [-0.15, -0.1) is 0 Å². The first-order chi connectivity index (χ1) is 27.4. The molecule has 0 bridgehead atoms. The molecule has 3 nitrogen and oxygen atoms in total. The molecule has 0 spiro atoms. The van der Waals surface area contributed by atoms with Gasteiger partial charge in [0.05, 0.1) is 11.0 Å².